The van der Waals surface area contributed by atoms with Crippen molar-refractivity contribution in [1.29, 1.82) is 0 Å². The fourth-order valence-electron chi connectivity index (χ4n) is 4.97. The van der Waals surface area contributed by atoms with E-state index < -0.39 is 5.97 Å². The monoisotopic (exact) mass is 424 g/mol. The standard InChI is InChI=1S/C27H36O4/c1-30-22-14-11-20(12-15-22)24-17-13-21-19-23(31-2)16-18-25(21)26(24)9-7-5-3-4-6-8-10-27(28)29/h11-12,14-16,18-19,24,26H,3-10,13,17H2,1-2H3,(H,28,29). The zero-order valence-electron chi connectivity index (χ0n) is 18.9. The Kier molecular flexibility index (Phi) is 8.81. The maximum absolute atomic E-state index is 10.6. The van der Waals surface area contributed by atoms with Crippen LogP contribution in [-0.4, -0.2) is 25.3 Å². The van der Waals surface area contributed by atoms with Crippen molar-refractivity contribution in [2.75, 3.05) is 14.2 Å². The molecule has 0 aromatic heterocycles. The third kappa shape index (κ3) is 6.49. The van der Waals surface area contributed by atoms with Crippen molar-refractivity contribution < 1.29 is 19.4 Å². The minimum absolute atomic E-state index is 0.297. The summed E-state index contributed by atoms with van der Waals surface area (Å²) in [5.74, 6) is 2.22. The largest absolute Gasteiger partial charge is 0.497 e. The number of methoxy groups -OCH3 is 2. The second kappa shape index (κ2) is 11.8. The molecule has 31 heavy (non-hydrogen) atoms. The third-order valence-corrected chi connectivity index (χ3v) is 6.66. The number of aliphatic carboxylic acids is 1. The van der Waals surface area contributed by atoms with Gasteiger partial charge in [-0.25, -0.2) is 0 Å². The lowest BCUT2D eigenvalue weighted by Crippen LogP contribution is -2.19. The fraction of sp³-hybridized carbons (Fsp3) is 0.519. The lowest BCUT2D eigenvalue weighted by molar-refractivity contribution is -0.137. The summed E-state index contributed by atoms with van der Waals surface area (Å²) >= 11 is 0. The predicted octanol–water partition coefficient (Wildman–Crippen LogP) is 6.72. The van der Waals surface area contributed by atoms with Gasteiger partial charge in [-0.2, -0.15) is 0 Å². The smallest absolute Gasteiger partial charge is 0.303 e. The van der Waals surface area contributed by atoms with Crippen molar-refractivity contribution in [3.05, 3.63) is 59.2 Å². The molecule has 0 fully saturated rings. The molecule has 0 radical (unpaired) electrons. The molecule has 2 aromatic rings. The molecular weight excluding hydrogens is 388 g/mol. The molecule has 2 unspecified atom stereocenters. The first kappa shape index (κ1) is 23.2. The van der Waals surface area contributed by atoms with Crippen LogP contribution in [0.2, 0.25) is 0 Å². The number of fused-ring (bicyclic) bond motifs is 1. The van der Waals surface area contributed by atoms with Crippen LogP contribution in [0.5, 0.6) is 11.5 Å². The second-order valence-electron chi connectivity index (χ2n) is 8.64. The second-order valence-corrected chi connectivity index (χ2v) is 8.64. The van der Waals surface area contributed by atoms with E-state index in [4.69, 9.17) is 14.6 Å². The number of carboxylic acid groups (broad SMARTS) is 1. The Labute approximate surface area is 186 Å². The normalized spacial score (nSPS) is 17.7. The Bertz CT molecular complexity index is 828. The van der Waals surface area contributed by atoms with Gasteiger partial charge < -0.3 is 14.6 Å². The van der Waals surface area contributed by atoms with Crippen LogP contribution in [0, 0.1) is 0 Å². The molecule has 2 atom stereocenters. The lowest BCUT2D eigenvalue weighted by atomic mass is 9.70. The van der Waals surface area contributed by atoms with Gasteiger partial charge in [-0.05, 0) is 78.5 Å². The van der Waals surface area contributed by atoms with Crippen molar-refractivity contribution in [1.82, 2.24) is 0 Å². The number of carbonyl (C=O) groups is 1. The number of benzene rings is 2. The Morgan fingerprint density at radius 2 is 1.55 bits per heavy atom. The van der Waals surface area contributed by atoms with E-state index in [9.17, 15) is 4.79 Å². The lowest BCUT2D eigenvalue weighted by Gasteiger charge is -2.34. The molecule has 0 heterocycles. The average molecular weight is 425 g/mol. The summed E-state index contributed by atoms with van der Waals surface area (Å²) in [7, 11) is 3.45. The number of ether oxygens (including phenoxy) is 2. The molecule has 1 N–H and O–H groups in total. The maximum Gasteiger partial charge on any atom is 0.303 e. The van der Waals surface area contributed by atoms with E-state index in [1.165, 1.54) is 42.4 Å². The molecule has 2 aromatic carbocycles. The molecule has 0 aliphatic heterocycles. The van der Waals surface area contributed by atoms with Gasteiger partial charge in [-0.15, -0.1) is 0 Å². The summed E-state index contributed by atoms with van der Waals surface area (Å²) in [6.07, 6.45) is 10.3. The van der Waals surface area contributed by atoms with Crippen LogP contribution in [0.25, 0.3) is 0 Å². The van der Waals surface area contributed by atoms with E-state index in [1.807, 2.05) is 0 Å². The van der Waals surface area contributed by atoms with Gasteiger partial charge >= 0.3 is 5.97 Å². The van der Waals surface area contributed by atoms with Crippen LogP contribution in [0.15, 0.2) is 42.5 Å². The van der Waals surface area contributed by atoms with Gasteiger partial charge in [0.25, 0.3) is 0 Å². The van der Waals surface area contributed by atoms with Crippen molar-refractivity contribution in [3.8, 4) is 11.5 Å². The zero-order valence-corrected chi connectivity index (χ0v) is 18.9. The highest BCUT2D eigenvalue weighted by Crippen LogP contribution is 2.46. The molecule has 0 spiro atoms. The maximum atomic E-state index is 10.6. The minimum Gasteiger partial charge on any atom is -0.497 e. The zero-order chi connectivity index (χ0) is 22.1. The highest BCUT2D eigenvalue weighted by molar-refractivity contribution is 5.66. The van der Waals surface area contributed by atoms with Crippen molar-refractivity contribution >= 4 is 5.97 Å². The molecule has 0 saturated carbocycles. The minimum atomic E-state index is -0.683. The van der Waals surface area contributed by atoms with Gasteiger partial charge in [-0.3, -0.25) is 4.79 Å². The van der Waals surface area contributed by atoms with Crippen molar-refractivity contribution in [2.45, 2.75) is 76.0 Å². The van der Waals surface area contributed by atoms with E-state index in [-0.39, 0.29) is 0 Å². The predicted molar refractivity (Wildman–Crippen MR) is 124 cm³/mol. The van der Waals surface area contributed by atoms with Gasteiger partial charge in [-0.1, -0.05) is 50.3 Å². The molecule has 0 amide bonds. The van der Waals surface area contributed by atoms with E-state index in [0.29, 0.717) is 18.3 Å². The Balaban J connectivity index is 1.64. The summed E-state index contributed by atoms with van der Waals surface area (Å²) in [5, 5.41) is 8.74. The number of hydrogen-bond acceptors (Lipinski definition) is 3. The molecule has 168 valence electrons. The van der Waals surface area contributed by atoms with E-state index in [2.05, 4.69) is 42.5 Å². The average Bonchev–Trinajstić information content (AvgIpc) is 2.80. The van der Waals surface area contributed by atoms with Gasteiger partial charge in [0.1, 0.15) is 11.5 Å². The quantitative estimate of drug-likeness (QED) is 0.384. The van der Waals surface area contributed by atoms with Crippen LogP contribution in [0.1, 0.15) is 86.3 Å². The van der Waals surface area contributed by atoms with Crippen LogP contribution < -0.4 is 9.47 Å². The molecular formula is C27H36O4. The Morgan fingerprint density at radius 3 is 2.23 bits per heavy atom. The SMILES string of the molecule is COc1ccc(C2CCc3cc(OC)ccc3C2CCCCCCCCC(=O)O)cc1. The highest BCUT2D eigenvalue weighted by atomic mass is 16.5. The van der Waals surface area contributed by atoms with E-state index in [1.54, 1.807) is 14.2 Å². The molecule has 0 bridgehead atoms. The first-order chi connectivity index (χ1) is 15.1. The first-order valence-corrected chi connectivity index (χ1v) is 11.6. The number of carboxylic acids is 1. The molecule has 1 aliphatic carbocycles. The Morgan fingerprint density at radius 1 is 0.903 bits per heavy atom. The summed E-state index contributed by atoms with van der Waals surface area (Å²) in [6, 6.07) is 15.2. The van der Waals surface area contributed by atoms with Crippen LogP contribution in [0.3, 0.4) is 0 Å². The van der Waals surface area contributed by atoms with Gasteiger partial charge in [0.05, 0.1) is 14.2 Å². The van der Waals surface area contributed by atoms with Crippen molar-refractivity contribution in [3.63, 3.8) is 0 Å². The first-order valence-electron chi connectivity index (χ1n) is 11.6. The molecule has 0 saturated heterocycles. The van der Waals surface area contributed by atoms with Gasteiger partial charge in [0.15, 0.2) is 0 Å². The summed E-state index contributed by atoms with van der Waals surface area (Å²) in [4.78, 5) is 10.6. The van der Waals surface area contributed by atoms with Crippen LogP contribution in [-0.2, 0) is 11.2 Å². The summed E-state index contributed by atoms with van der Waals surface area (Å²) in [6.45, 7) is 0. The topological polar surface area (TPSA) is 55.8 Å². The molecule has 4 heteroatoms. The number of hydrogen-bond donors (Lipinski definition) is 1. The molecule has 1 aliphatic rings. The third-order valence-electron chi connectivity index (χ3n) is 6.66. The Hall–Kier alpha value is -2.49. The number of rotatable bonds is 12. The van der Waals surface area contributed by atoms with Crippen LogP contribution in [0.4, 0.5) is 0 Å². The van der Waals surface area contributed by atoms with E-state index in [0.717, 1.165) is 43.6 Å². The van der Waals surface area contributed by atoms with E-state index >= 15 is 0 Å². The van der Waals surface area contributed by atoms with Crippen LogP contribution >= 0.6 is 0 Å². The molecule has 3 rings (SSSR count). The summed E-state index contributed by atoms with van der Waals surface area (Å²) < 4.78 is 10.8. The summed E-state index contributed by atoms with van der Waals surface area (Å²) in [5.41, 5.74) is 4.32. The molecule has 4 nitrogen and oxygen atoms in total. The van der Waals surface area contributed by atoms with Gasteiger partial charge in [0.2, 0.25) is 0 Å². The number of unbranched alkanes of at least 4 members (excludes halogenated alkanes) is 5. The van der Waals surface area contributed by atoms with Crippen molar-refractivity contribution in [2.24, 2.45) is 0 Å². The number of aryl methyl sites for hydroxylation is 1. The highest BCUT2D eigenvalue weighted by Gasteiger charge is 2.30. The van der Waals surface area contributed by atoms with Gasteiger partial charge in [0, 0.05) is 6.42 Å². The fourth-order valence-corrected chi connectivity index (χ4v) is 4.97.